The second kappa shape index (κ2) is 7.40. The molecular formula is C18H23N3O2S. The summed E-state index contributed by atoms with van der Waals surface area (Å²) >= 11 is 1.39. The predicted octanol–water partition coefficient (Wildman–Crippen LogP) is 2.43. The predicted molar refractivity (Wildman–Crippen MR) is 95.1 cm³/mol. The molecule has 1 aromatic heterocycles. The first-order valence-corrected chi connectivity index (χ1v) is 9.24. The topological polar surface area (TPSA) is 78.0 Å². The van der Waals surface area contributed by atoms with Gasteiger partial charge in [0.25, 0.3) is 0 Å². The number of thioether (sulfide) groups is 1. The summed E-state index contributed by atoms with van der Waals surface area (Å²) in [6.45, 7) is 2.35. The number of aryl methyl sites for hydroxylation is 1. The van der Waals surface area contributed by atoms with Crippen molar-refractivity contribution in [3.63, 3.8) is 0 Å². The number of nitrogens with one attached hydrogen (secondary N) is 2. The molecule has 0 radical (unpaired) electrons. The zero-order valence-electron chi connectivity index (χ0n) is 13.8. The molecule has 3 rings (SSSR count). The number of carbonyl (C=O) groups excluding carboxylic acids is 1. The highest BCUT2D eigenvalue weighted by Gasteiger charge is 2.34. The minimum Gasteiger partial charge on any atom is -0.388 e. The van der Waals surface area contributed by atoms with E-state index in [1.807, 2.05) is 25.1 Å². The van der Waals surface area contributed by atoms with Crippen molar-refractivity contribution in [1.82, 2.24) is 15.3 Å². The number of carbonyl (C=O) groups is 1. The van der Waals surface area contributed by atoms with Crippen LogP contribution in [0.1, 0.15) is 36.2 Å². The Morgan fingerprint density at radius 2 is 2.12 bits per heavy atom. The highest BCUT2D eigenvalue weighted by Crippen LogP contribution is 2.30. The molecule has 1 aliphatic rings. The van der Waals surface area contributed by atoms with Gasteiger partial charge in [-0.1, -0.05) is 42.1 Å². The average molecular weight is 345 g/mol. The maximum Gasteiger partial charge on any atom is 0.230 e. The Morgan fingerprint density at radius 3 is 2.79 bits per heavy atom. The summed E-state index contributed by atoms with van der Waals surface area (Å²) < 4.78 is 0. The lowest BCUT2D eigenvalue weighted by Crippen LogP contribution is -2.48. The van der Waals surface area contributed by atoms with Gasteiger partial charge in [0, 0.05) is 18.7 Å². The molecule has 1 heterocycles. The smallest absolute Gasteiger partial charge is 0.230 e. The van der Waals surface area contributed by atoms with E-state index in [0.717, 1.165) is 42.2 Å². The van der Waals surface area contributed by atoms with Crippen molar-refractivity contribution in [3.05, 3.63) is 47.3 Å². The van der Waals surface area contributed by atoms with Crippen LogP contribution in [0.2, 0.25) is 0 Å². The van der Waals surface area contributed by atoms with E-state index in [1.54, 1.807) is 0 Å². The highest BCUT2D eigenvalue weighted by molar-refractivity contribution is 7.99. The quantitative estimate of drug-likeness (QED) is 0.674. The van der Waals surface area contributed by atoms with Crippen LogP contribution in [-0.2, 0) is 11.2 Å². The summed E-state index contributed by atoms with van der Waals surface area (Å²) in [5.74, 6) is 0.229. The van der Waals surface area contributed by atoms with Gasteiger partial charge in [0.15, 0.2) is 5.16 Å². The first kappa shape index (κ1) is 17.0. The summed E-state index contributed by atoms with van der Waals surface area (Å²) in [5.41, 5.74) is 2.58. The fourth-order valence-electron chi connectivity index (χ4n) is 2.71. The van der Waals surface area contributed by atoms with Crippen LogP contribution in [0.3, 0.4) is 0 Å². The maximum atomic E-state index is 11.9. The van der Waals surface area contributed by atoms with Crippen LogP contribution in [-0.4, -0.2) is 38.9 Å². The van der Waals surface area contributed by atoms with Crippen LogP contribution in [0.25, 0.3) is 0 Å². The third-order valence-electron chi connectivity index (χ3n) is 4.42. The summed E-state index contributed by atoms with van der Waals surface area (Å²) in [5, 5.41) is 13.5. The normalized spacial score (nSPS) is 15.8. The maximum absolute atomic E-state index is 11.9. The number of imidazole rings is 1. The number of rotatable bonds is 7. The van der Waals surface area contributed by atoms with E-state index in [1.165, 1.54) is 17.3 Å². The van der Waals surface area contributed by atoms with Gasteiger partial charge in [0.2, 0.25) is 5.91 Å². The van der Waals surface area contributed by atoms with Crippen molar-refractivity contribution >= 4 is 17.7 Å². The molecule has 0 spiro atoms. The van der Waals surface area contributed by atoms with Crippen LogP contribution < -0.4 is 5.32 Å². The Labute approximate surface area is 146 Å². The van der Waals surface area contributed by atoms with Gasteiger partial charge in [-0.25, -0.2) is 4.98 Å². The van der Waals surface area contributed by atoms with Crippen LogP contribution >= 0.6 is 11.8 Å². The number of benzene rings is 1. The number of H-pyrrole nitrogens is 1. The molecule has 1 aliphatic carbocycles. The average Bonchev–Trinajstić information content (AvgIpc) is 2.90. The first-order valence-electron chi connectivity index (χ1n) is 8.25. The zero-order valence-corrected chi connectivity index (χ0v) is 14.7. The molecule has 6 heteroatoms. The molecule has 0 atom stereocenters. The van der Waals surface area contributed by atoms with Gasteiger partial charge in [-0.05, 0) is 31.7 Å². The molecule has 0 bridgehead atoms. The van der Waals surface area contributed by atoms with Gasteiger partial charge < -0.3 is 15.4 Å². The van der Waals surface area contributed by atoms with E-state index < -0.39 is 5.60 Å². The number of aromatic amines is 1. The number of aromatic nitrogens is 2. The van der Waals surface area contributed by atoms with E-state index in [9.17, 15) is 9.90 Å². The van der Waals surface area contributed by atoms with Gasteiger partial charge >= 0.3 is 0 Å². The Bertz CT molecular complexity index is 696. The lowest BCUT2D eigenvalue weighted by molar-refractivity contribution is -0.121. The molecule has 1 saturated carbocycles. The second-order valence-electron chi connectivity index (χ2n) is 6.42. The van der Waals surface area contributed by atoms with Crippen LogP contribution in [0.15, 0.2) is 35.5 Å². The Hall–Kier alpha value is -1.79. The molecule has 3 N–H and O–H groups in total. The number of hydrogen-bond donors (Lipinski definition) is 3. The molecule has 1 amide bonds. The molecule has 0 unspecified atom stereocenters. The van der Waals surface area contributed by atoms with Gasteiger partial charge in [-0.15, -0.1) is 0 Å². The third-order valence-corrected chi connectivity index (χ3v) is 5.29. The van der Waals surface area contributed by atoms with Crippen molar-refractivity contribution in [2.45, 2.75) is 43.4 Å². The van der Waals surface area contributed by atoms with Crippen molar-refractivity contribution in [1.29, 1.82) is 0 Å². The highest BCUT2D eigenvalue weighted by atomic mass is 32.2. The number of hydrogen-bond acceptors (Lipinski definition) is 4. The molecule has 0 aliphatic heterocycles. The molecule has 2 aromatic rings. The van der Waals surface area contributed by atoms with Crippen LogP contribution in [0, 0.1) is 6.92 Å². The zero-order chi connectivity index (χ0) is 17.0. The number of aliphatic hydroxyl groups is 1. The molecule has 24 heavy (non-hydrogen) atoms. The molecule has 128 valence electrons. The Balaban J connectivity index is 1.49. The molecule has 5 nitrogen and oxygen atoms in total. The van der Waals surface area contributed by atoms with Crippen molar-refractivity contribution in [2.75, 3.05) is 12.3 Å². The van der Waals surface area contributed by atoms with E-state index in [0.29, 0.717) is 12.3 Å². The summed E-state index contributed by atoms with van der Waals surface area (Å²) in [4.78, 5) is 19.7. The third kappa shape index (κ3) is 4.39. The number of nitrogens with zero attached hydrogens (tertiary/aromatic N) is 1. The minimum absolute atomic E-state index is 0.0704. The van der Waals surface area contributed by atoms with Gasteiger partial charge in [-0.3, -0.25) is 4.79 Å². The summed E-state index contributed by atoms with van der Waals surface area (Å²) in [6.07, 6.45) is 3.38. The number of amides is 1. The van der Waals surface area contributed by atoms with Gasteiger partial charge in [0.05, 0.1) is 17.0 Å². The van der Waals surface area contributed by atoms with Crippen LogP contribution in [0.4, 0.5) is 0 Å². The van der Waals surface area contributed by atoms with E-state index in [-0.39, 0.29) is 5.91 Å². The fraction of sp³-hybridized carbons (Fsp3) is 0.444. The SMILES string of the molecule is Cc1[nH]c(SCC(=O)NCC2(O)CCC2)nc1Cc1ccccc1. The van der Waals surface area contributed by atoms with Crippen molar-refractivity contribution in [2.24, 2.45) is 0 Å². The standard InChI is InChI=1S/C18H23N3O2S/c1-13-15(10-14-6-3-2-4-7-14)21-17(20-13)24-11-16(22)19-12-18(23)8-5-9-18/h2-4,6-7,23H,5,8-12H2,1H3,(H,19,22)(H,20,21). The minimum atomic E-state index is -0.676. The lowest BCUT2D eigenvalue weighted by Gasteiger charge is -2.36. The van der Waals surface area contributed by atoms with Crippen molar-refractivity contribution in [3.8, 4) is 0 Å². The lowest BCUT2D eigenvalue weighted by atomic mass is 9.80. The molecule has 1 aromatic carbocycles. The largest absolute Gasteiger partial charge is 0.388 e. The Morgan fingerprint density at radius 1 is 1.38 bits per heavy atom. The first-order chi connectivity index (χ1) is 11.5. The summed E-state index contributed by atoms with van der Waals surface area (Å²) in [6, 6.07) is 10.2. The second-order valence-corrected chi connectivity index (χ2v) is 7.38. The monoisotopic (exact) mass is 345 g/mol. The van der Waals surface area contributed by atoms with Crippen molar-refractivity contribution < 1.29 is 9.90 Å². The molecular weight excluding hydrogens is 322 g/mol. The van der Waals surface area contributed by atoms with E-state index in [4.69, 9.17) is 0 Å². The summed E-state index contributed by atoms with van der Waals surface area (Å²) in [7, 11) is 0. The van der Waals surface area contributed by atoms with E-state index in [2.05, 4.69) is 27.4 Å². The Kier molecular flexibility index (Phi) is 5.26. The van der Waals surface area contributed by atoms with Crippen LogP contribution in [0.5, 0.6) is 0 Å². The fourth-order valence-corrected chi connectivity index (χ4v) is 3.48. The van der Waals surface area contributed by atoms with Gasteiger partial charge in [0.1, 0.15) is 0 Å². The van der Waals surface area contributed by atoms with Gasteiger partial charge in [-0.2, -0.15) is 0 Å². The molecule has 0 saturated heterocycles. The molecule has 1 fully saturated rings. The van der Waals surface area contributed by atoms with E-state index >= 15 is 0 Å².